The number of pyridine rings is 1. The molecule has 0 radical (unpaired) electrons. The van der Waals surface area contributed by atoms with Crippen LogP contribution in [0.15, 0.2) is 18.3 Å². The van der Waals surface area contributed by atoms with Crippen LogP contribution in [0.5, 0.6) is 5.88 Å². The van der Waals surface area contributed by atoms with E-state index in [0.717, 1.165) is 37.9 Å². The number of carbonyl (C=O) groups is 1. The van der Waals surface area contributed by atoms with E-state index in [-0.39, 0.29) is 24.3 Å². The molecule has 1 aromatic rings. The summed E-state index contributed by atoms with van der Waals surface area (Å²) in [7, 11) is 0. The first-order chi connectivity index (χ1) is 11.7. The molecule has 2 amide bonds. The highest BCUT2D eigenvalue weighted by molar-refractivity contribution is 5.74. The molecule has 0 aromatic carbocycles. The lowest BCUT2D eigenvalue weighted by Crippen LogP contribution is -2.45. The van der Waals surface area contributed by atoms with Crippen LogP contribution in [0.1, 0.15) is 51.0 Å². The molecule has 2 heterocycles. The molecule has 2 fully saturated rings. The molecule has 3 rings (SSSR count). The summed E-state index contributed by atoms with van der Waals surface area (Å²) in [6.07, 6.45) is 8.78. The first-order valence-electron chi connectivity index (χ1n) is 8.99. The molecule has 2 N–H and O–H groups in total. The summed E-state index contributed by atoms with van der Waals surface area (Å²) in [6, 6.07) is 3.64. The minimum absolute atomic E-state index is 0.00982. The molecule has 6 nitrogen and oxygen atoms in total. The van der Waals surface area contributed by atoms with Crippen LogP contribution < -0.4 is 15.4 Å². The molecule has 24 heavy (non-hydrogen) atoms. The van der Waals surface area contributed by atoms with Crippen LogP contribution >= 0.6 is 0 Å². The Bertz CT molecular complexity index is 540. The van der Waals surface area contributed by atoms with Gasteiger partial charge < -0.3 is 20.1 Å². The Morgan fingerprint density at radius 2 is 2.21 bits per heavy atom. The van der Waals surface area contributed by atoms with Crippen LogP contribution in [0.2, 0.25) is 0 Å². The van der Waals surface area contributed by atoms with Gasteiger partial charge in [0.15, 0.2) is 0 Å². The maximum Gasteiger partial charge on any atom is 0.315 e. The quantitative estimate of drug-likeness (QED) is 0.840. The molecule has 1 aliphatic carbocycles. The second kappa shape index (κ2) is 8.33. The maximum atomic E-state index is 12.1. The third kappa shape index (κ3) is 4.60. The predicted molar refractivity (Wildman–Crippen MR) is 90.9 cm³/mol. The first-order valence-corrected chi connectivity index (χ1v) is 8.99. The van der Waals surface area contributed by atoms with E-state index in [1.54, 1.807) is 6.20 Å². The Kier molecular flexibility index (Phi) is 5.91. The van der Waals surface area contributed by atoms with Crippen molar-refractivity contribution >= 4 is 6.03 Å². The molecule has 2 aliphatic rings. The maximum absolute atomic E-state index is 12.1. The SMILES string of the molecule is C[C@@H](NC(=O)NCc1cccnc1OC1CCCC1)[C@H]1CCCO1. The van der Waals surface area contributed by atoms with Crippen molar-refractivity contribution in [3.63, 3.8) is 0 Å². The normalized spacial score (nSPS) is 22.3. The van der Waals surface area contributed by atoms with Crippen LogP contribution in [0.25, 0.3) is 0 Å². The third-order valence-electron chi connectivity index (χ3n) is 4.75. The third-order valence-corrected chi connectivity index (χ3v) is 4.75. The number of hydrogen-bond acceptors (Lipinski definition) is 4. The molecule has 1 saturated carbocycles. The summed E-state index contributed by atoms with van der Waals surface area (Å²) in [4.78, 5) is 16.4. The smallest absolute Gasteiger partial charge is 0.315 e. The van der Waals surface area contributed by atoms with Gasteiger partial charge in [-0.3, -0.25) is 0 Å². The summed E-state index contributed by atoms with van der Waals surface area (Å²) in [5.74, 6) is 0.636. The zero-order valence-corrected chi connectivity index (χ0v) is 14.3. The number of nitrogens with zero attached hydrogens (tertiary/aromatic N) is 1. The molecule has 0 spiro atoms. The number of urea groups is 1. The van der Waals surface area contributed by atoms with Gasteiger partial charge in [-0.15, -0.1) is 0 Å². The van der Waals surface area contributed by atoms with Crippen molar-refractivity contribution in [3.05, 3.63) is 23.9 Å². The fourth-order valence-electron chi connectivity index (χ4n) is 3.35. The monoisotopic (exact) mass is 333 g/mol. The summed E-state index contributed by atoms with van der Waals surface area (Å²) in [6.45, 7) is 3.17. The second-order valence-electron chi connectivity index (χ2n) is 6.66. The molecule has 0 bridgehead atoms. The van der Waals surface area contributed by atoms with Gasteiger partial charge in [-0.05, 0) is 51.5 Å². The molecule has 1 aromatic heterocycles. The fourth-order valence-corrected chi connectivity index (χ4v) is 3.35. The van der Waals surface area contributed by atoms with E-state index in [2.05, 4.69) is 15.6 Å². The highest BCUT2D eigenvalue weighted by Crippen LogP contribution is 2.24. The van der Waals surface area contributed by atoms with Crippen LogP contribution in [0.4, 0.5) is 4.79 Å². The van der Waals surface area contributed by atoms with Gasteiger partial charge in [0.25, 0.3) is 0 Å². The van der Waals surface area contributed by atoms with E-state index in [0.29, 0.717) is 12.4 Å². The van der Waals surface area contributed by atoms with E-state index < -0.39 is 0 Å². The molecular formula is C18H27N3O3. The largest absolute Gasteiger partial charge is 0.474 e. The van der Waals surface area contributed by atoms with E-state index in [4.69, 9.17) is 9.47 Å². The Hall–Kier alpha value is -1.82. The van der Waals surface area contributed by atoms with Crippen molar-refractivity contribution in [1.82, 2.24) is 15.6 Å². The molecule has 0 unspecified atom stereocenters. The predicted octanol–water partition coefficient (Wildman–Crippen LogP) is 2.77. The zero-order chi connectivity index (χ0) is 16.8. The highest BCUT2D eigenvalue weighted by atomic mass is 16.5. The number of nitrogens with one attached hydrogen (secondary N) is 2. The van der Waals surface area contributed by atoms with E-state index >= 15 is 0 Å². The molecule has 1 aliphatic heterocycles. The first kappa shape index (κ1) is 17.0. The minimum Gasteiger partial charge on any atom is -0.474 e. The van der Waals surface area contributed by atoms with Gasteiger partial charge >= 0.3 is 6.03 Å². The standard InChI is InChI=1S/C18H27N3O3/c1-13(16-9-5-11-23-16)21-18(22)20-12-14-6-4-10-19-17(14)24-15-7-2-3-8-15/h4,6,10,13,15-16H,2-3,5,7-9,11-12H2,1H3,(H2,20,21,22)/t13-,16-/m1/s1. The van der Waals surface area contributed by atoms with E-state index in [9.17, 15) is 4.79 Å². The number of ether oxygens (including phenoxy) is 2. The van der Waals surface area contributed by atoms with Crippen molar-refractivity contribution in [2.45, 2.75) is 70.2 Å². The summed E-state index contributed by atoms with van der Waals surface area (Å²) < 4.78 is 11.6. The molecular weight excluding hydrogens is 306 g/mol. The van der Waals surface area contributed by atoms with Gasteiger partial charge in [0.2, 0.25) is 5.88 Å². The van der Waals surface area contributed by atoms with E-state index in [1.165, 1.54) is 12.8 Å². The average molecular weight is 333 g/mol. The van der Waals surface area contributed by atoms with Crippen molar-refractivity contribution in [2.24, 2.45) is 0 Å². The van der Waals surface area contributed by atoms with Gasteiger partial charge in [0.05, 0.1) is 12.1 Å². The van der Waals surface area contributed by atoms with Gasteiger partial charge in [0.1, 0.15) is 6.10 Å². The molecule has 132 valence electrons. The molecule has 2 atom stereocenters. The lowest BCUT2D eigenvalue weighted by Gasteiger charge is -2.20. The van der Waals surface area contributed by atoms with Crippen LogP contribution in [-0.2, 0) is 11.3 Å². The van der Waals surface area contributed by atoms with Crippen molar-refractivity contribution in [3.8, 4) is 5.88 Å². The van der Waals surface area contributed by atoms with Crippen LogP contribution in [0, 0.1) is 0 Å². The van der Waals surface area contributed by atoms with Crippen molar-refractivity contribution < 1.29 is 14.3 Å². The lowest BCUT2D eigenvalue weighted by molar-refractivity contribution is 0.0860. The molecule has 1 saturated heterocycles. The Labute approximate surface area is 143 Å². The van der Waals surface area contributed by atoms with Crippen LogP contribution in [-0.4, -0.2) is 35.9 Å². The Morgan fingerprint density at radius 3 is 2.96 bits per heavy atom. The Morgan fingerprint density at radius 1 is 1.38 bits per heavy atom. The average Bonchev–Trinajstić information content (AvgIpc) is 3.27. The summed E-state index contributed by atoms with van der Waals surface area (Å²) in [5.41, 5.74) is 0.907. The summed E-state index contributed by atoms with van der Waals surface area (Å²) >= 11 is 0. The zero-order valence-electron chi connectivity index (χ0n) is 14.3. The van der Waals surface area contributed by atoms with Crippen LogP contribution in [0.3, 0.4) is 0 Å². The number of carbonyl (C=O) groups excluding carboxylic acids is 1. The number of aromatic nitrogens is 1. The number of amides is 2. The van der Waals surface area contributed by atoms with E-state index in [1.807, 2.05) is 19.1 Å². The van der Waals surface area contributed by atoms with Gasteiger partial charge in [-0.1, -0.05) is 6.07 Å². The molecule has 6 heteroatoms. The van der Waals surface area contributed by atoms with Gasteiger partial charge in [-0.25, -0.2) is 9.78 Å². The number of hydrogen-bond donors (Lipinski definition) is 2. The second-order valence-corrected chi connectivity index (χ2v) is 6.66. The minimum atomic E-state index is -0.186. The highest BCUT2D eigenvalue weighted by Gasteiger charge is 2.23. The lowest BCUT2D eigenvalue weighted by atomic mass is 10.1. The Balaban J connectivity index is 1.49. The van der Waals surface area contributed by atoms with Crippen molar-refractivity contribution in [2.75, 3.05) is 6.61 Å². The van der Waals surface area contributed by atoms with Gasteiger partial charge in [-0.2, -0.15) is 0 Å². The number of rotatable bonds is 6. The fraction of sp³-hybridized carbons (Fsp3) is 0.667. The summed E-state index contributed by atoms with van der Waals surface area (Å²) in [5, 5.41) is 5.84. The topological polar surface area (TPSA) is 72.5 Å². The van der Waals surface area contributed by atoms with Crippen molar-refractivity contribution in [1.29, 1.82) is 0 Å². The van der Waals surface area contributed by atoms with Gasteiger partial charge in [0, 0.05) is 24.9 Å².